The summed E-state index contributed by atoms with van der Waals surface area (Å²) in [6, 6.07) is 3.60. The van der Waals surface area contributed by atoms with Crippen LogP contribution in [0.2, 0.25) is 0 Å². The van der Waals surface area contributed by atoms with Crippen molar-refractivity contribution in [2.45, 2.75) is 13.3 Å². The van der Waals surface area contributed by atoms with Crippen LogP contribution in [0, 0.1) is 11.6 Å². The average molecular weight is 261 g/mol. The number of rotatable bonds is 3. The molecule has 0 nitrogen and oxygen atoms in total. The lowest BCUT2D eigenvalue weighted by Crippen LogP contribution is -1.87. The number of benzene rings is 1. The Morgan fingerprint density at radius 2 is 2.14 bits per heavy atom. The van der Waals surface area contributed by atoms with E-state index in [0.717, 1.165) is 18.1 Å². The van der Waals surface area contributed by atoms with Gasteiger partial charge in [0.05, 0.1) is 0 Å². The molecule has 0 bridgehead atoms. The Morgan fingerprint density at radius 3 is 2.64 bits per heavy atom. The van der Waals surface area contributed by atoms with Gasteiger partial charge in [0.1, 0.15) is 11.6 Å². The minimum atomic E-state index is -0.545. The number of alkyl halides is 1. The first-order valence-corrected chi connectivity index (χ1v) is 5.50. The molecule has 0 aliphatic heterocycles. The minimum absolute atomic E-state index is 0.433. The molecule has 1 rings (SSSR count). The maximum absolute atomic E-state index is 13.2. The maximum atomic E-state index is 13.2. The van der Waals surface area contributed by atoms with Gasteiger partial charge >= 0.3 is 0 Å². The second kappa shape index (κ2) is 5.25. The van der Waals surface area contributed by atoms with Gasteiger partial charge in [-0.25, -0.2) is 8.78 Å². The highest BCUT2D eigenvalue weighted by atomic mass is 79.9. The molecule has 0 aliphatic rings. The van der Waals surface area contributed by atoms with Gasteiger partial charge in [0.2, 0.25) is 0 Å². The van der Waals surface area contributed by atoms with Gasteiger partial charge in [-0.3, -0.25) is 0 Å². The number of hydrogen-bond acceptors (Lipinski definition) is 0. The summed E-state index contributed by atoms with van der Waals surface area (Å²) in [6.07, 6.45) is 2.59. The normalized spacial score (nSPS) is 11.9. The fraction of sp³-hybridized carbons (Fsp3) is 0.273. The first kappa shape index (κ1) is 11.4. The molecule has 0 aliphatic carbocycles. The molecule has 0 amide bonds. The summed E-state index contributed by atoms with van der Waals surface area (Å²) in [5, 5.41) is 0.709. The first-order valence-electron chi connectivity index (χ1n) is 4.37. The topological polar surface area (TPSA) is 0 Å². The van der Waals surface area contributed by atoms with Crippen LogP contribution in [0.25, 0.3) is 6.08 Å². The van der Waals surface area contributed by atoms with Gasteiger partial charge in [0, 0.05) is 17.0 Å². The summed E-state index contributed by atoms with van der Waals surface area (Å²) in [5.41, 5.74) is 1.51. The molecule has 76 valence electrons. The van der Waals surface area contributed by atoms with Crippen LogP contribution in [0.1, 0.15) is 18.9 Å². The van der Waals surface area contributed by atoms with Crippen molar-refractivity contribution >= 4 is 22.0 Å². The molecular weight excluding hydrogens is 250 g/mol. The quantitative estimate of drug-likeness (QED) is 0.717. The van der Waals surface area contributed by atoms with Crippen molar-refractivity contribution in [1.29, 1.82) is 0 Å². The summed E-state index contributed by atoms with van der Waals surface area (Å²) in [6.45, 7) is 1.99. The molecule has 0 fully saturated rings. The molecular formula is C11H11BrF2. The summed E-state index contributed by atoms with van der Waals surface area (Å²) in [5.74, 6) is -1.06. The average Bonchev–Trinajstić information content (AvgIpc) is 2.17. The smallest absolute Gasteiger partial charge is 0.133 e. The fourth-order valence-electron chi connectivity index (χ4n) is 1.07. The molecule has 14 heavy (non-hydrogen) atoms. The zero-order valence-corrected chi connectivity index (χ0v) is 9.44. The van der Waals surface area contributed by atoms with Crippen LogP contribution in [0.5, 0.6) is 0 Å². The summed E-state index contributed by atoms with van der Waals surface area (Å²) in [4.78, 5) is 0. The van der Waals surface area contributed by atoms with Crippen molar-refractivity contribution in [2.75, 3.05) is 5.33 Å². The van der Waals surface area contributed by atoms with Crippen LogP contribution >= 0.6 is 15.9 Å². The van der Waals surface area contributed by atoms with Crippen LogP contribution in [0.4, 0.5) is 8.78 Å². The van der Waals surface area contributed by atoms with E-state index in [1.165, 1.54) is 12.1 Å². The highest BCUT2D eigenvalue weighted by Gasteiger charge is 2.01. The third-order valence-electron chi connectivity index (χ3n) is 1.95. The molecule has 0 unspecified atom stereocenters. The van der Waals surface area contributed by atoms with Crippen molar-refractivity contribution in [3.8, 4) is 0 Å². The third kappa shape index (κ3) is 2.91. The van der Waals surface area contributed by atoms with E-state index in [1.807, 2.05) is 6.92 Å². The van der Waals surface area contributed by atoms with Crippen LogP contribution < -0.4 is 0 Å². The second-order valence-electron chi connectivity index (χ2n) is 2.96. The Balaban J connectivity index is 3.02. The lowest BCUT2D eigenvalue weighted by atomic mass is 10.1. The number of hydrogen-bond donors (Lipinski definition) is 0. The Labute approximate surface area is 90.8 Å². The molecule has 0 aromatic heterocycles. The monoisotopic (exact) mass is 260 g/mol. The van der Waals surface area contributed by atoms with E-state index in [2.05, 4.69) is 15.9 Å². The molecule has 0 N–H and O–H groups in total. The van der Waals surface area contributed by atoms with Gasteiger partial charge in [-0.1, -0.05) is 34.5 Å². The lowest BCUT2D eigenvalue weighted by Gasteiger charge is -2.01. The highest BCUT2D eigenvalue weighted by Crippen LogP contribution is 2.16. The van der Waals surface area contributed by atoms with Crippen molar-refractivity contribution < 1.29 is 8.78 Å². The van der Waals surface area contributed by atoms with Crippen molar-refractivity contribution in [2.24, 2.45) is 0 Å². The molecule has 1 aromatic carbocycles. The summed E-state index contributed by atoms with van der Waals surface area (Å²) in [7, 11) is 0. The molecule has 0 saturated carbocycles. The summed E-state index contributed by atoms with van der Waals surface area (Å²) >= 11 is 3.31. The third-order valence-corrected chi connectivity index (χ3v) is 2.67. The molecule has 0 saturated heterocycles. The van der Waals surface area contributed by atoms with Gasteiger partial charge in [-0.15, -0.1) is 0 Å². The van der Waals surface area contributed by atoms with Crippen molar-refractivity contribution in [1.82, 2.24) is 0 Å². The Bertz CT molecular complexity index is 339. The van der Waals surface area contributed by atoms with Crippen LogP contribution in [-0.4, -0.2) is 5.33 Å². The Hall–Kier alpha value is -0.700. The molecule has 3 heteroatoms. The molecule has 1 aromatic rings. The standard InChI is InChI=1S/C11H11BrF2/c1-2-8(7-12)5-9-3-4-10(13)6-11(9)14/h3-6H,2,7H2,1H3. The Kier molecular flexibility index (Phi) is 4.26. The molecule has 0 atom stereocenters. The van der Waals surface area contributed by atoms with E-state index in [-0.39, 0.29) is 0 Å². The van der Waals surface area contributed by atoms with Gasteiger partial charge < -0.3 is 0 Å². The molecule has 0 radical (unpaired) electrons. The van der Waals surface area contributed by atoms with Crippen molar-refractivity contribution in [3.63, 3.8) is 0 Å². The number of allylic oxidation sites excluding steroid dienone is 1. The van der Waals surface area contributed by atoms with E-state index >= 15 is 0 Å². The highest BCUT2D eigenvalue weighted by molar-refractivity contribution is 9.09. The zero-order valence-electron chi connectivity index (χ0n) is 7.86. The van der Waals surface area contributed by atoms with E-state index in [1.54, 1.807) is 6.08 Å². The van der Waals surface area contributed by atoms with Crippen LogP contribution in [0.15, 0.2) is 23.8 Å². The molecule has 0 spiro atoms. The van der Waals surface area contributed by atoms with Crippen LogP contribution in [0.3, 0.4) is 0 Å². The predicted molar refractivity (Wildman–Crippen MR) is 58.4 cm³/mol. The number of halogens is 3. The van der Waals surface area contributed by atoms with E-state index in [4.69, 9.17) is 0 Å². The fourth-order valence-corrected chi connectivity index (χ4v) is 1.63. The first-order chi connectivity index (χ1) is 6.67. The van der Waals surface area contributed by atoms with Crippen LogP contribution in [-0.2, 0) is 0 Å². The van der Waals surface area contributed by atoms with Gasteiger partial charge in [0.25, 0.3) is 0 Å². The molecule has 0 heterocycles. The SMILES string of the molecule is CCC(=Cc1ccc(F)cc1F)CBr. The minimum Gasteiger partial charge on any atom is -0.207 e. The van der Waals surface area contributed by atoms with Crippen molar-refractivity contribution in [3.05, 3.63) is 41.0 Å². The second-order valence-corrected chi connectivity index (χ2v) is 3.52. The van der Waals surface area contributed by atoms with Gasteiger partial charge in [-0.05, 0) is 18.6 Å². The van der Waals surface area contributed by atoms with Gasteiger partial charge in [-0.2, -0.15) is 0 Å². The summed E-state index contributed by atoms with van der Waals surface area (Å²) < 4.78 is 25.8. The van der Waals surface area contributed by atoms with Gasteiger partial charge in [0.15, 0.2) is 0 Å². The van der Waals surface area contributed by atoms with E-state index in [0.29, 0.717) is 10.9 Å². The van der Waals surface area contributed by atoms with E-state index in [9.17, 15) is 8.78 Å². The zero-order chi connectivity index (χ0) is 10.6. The maximum Gasteiger partial charge on any atom is 0.133 e. The lowest BCUT2D eigenvalue weighted by molar-refractivity contribution is 0.581. The Morgan fingerprint density at radius 1 is 1.43 bits per heavy atom. The predicted octanol–water partition coefficient (Wildman–Crippen LogP) is 4.15. The van der Waals surface area contributed by atoms with E-state index < -0.39 is 11.6 Å². The largest absolute Gasteiger partial charge is 0.207 e.